The molecule has 2 heterocycles. The van der Waals surface area contributed by atoms with Gasteiger partial charge >= 0.3 is 0 Å². The lowest BCUT2D eigenvalue weighted by atomic mass is 10.0. The number of aliphatic hydroxyl groups excluding tert-OH is 2. The molecule has 35 heavy (non-hydrogen) atoms. The van der Waals surface area contributed by atoms with E-state index in [0.29, 0.717) is 62.3 Å². The molecule has 192 valence electrons. The number of hydrogen-bond acceptors (Lipinski definition) is 10. The zero-order valence-corrected chi connectivity index (χ0v) is 19.8. The second kappa shape index (κ2) is 13.1. The van der Waals surface area contributed by atoms with Gasteiger partial charge in [0.15, 0.2) is 11.2 Å². The minimum absolute atomic E-state index is 0.0946. The lowest BCUT2D eigenvalue weighted by Gasteiger charge is -2.20. The van der Waals surface area contributed by atoms with Crippen LogP contribution in [-0.2, 0) is 22.7 Å². The summed E-state index contributed by atoms with van der Waals surface area (Å²) in [5.41, 5.74) is 8.20. The summed E-state index contributed by atoms with van der Waals surface area (Å²) in [4.78, 5) is 33.2. The van der Waals surface area contributed by atoms with Crippen LogP contribution in [0.15, 0.2) is 34.4 Å². The molecule has 1 amide bonds. The molecule has 2 atom stereocenters. The Labute approximate surface area is 202 Å². The quantitative estimate of drug-likeness (QED) is 0.126. The van der Waals surface area contributed by atoms with Gasteiger partial charge in [-0.25, -0.2) is 9.97 Å². The van der Waals surface area contributed by atoms with Gasteiger partial charge in [-0.1, -0.05) is 6.08 Å². The summed E-state index contributed by atoms with van der Waals surface area (Å²) in [6.07, 6.45) is 6.92. The molecule has 0 spiro atoms. The Bertz CT molecular complexity index is 1110. The SMILES string of the molecule is C[C@H](CC[C@H](O)NCCOCO)NC(=O)C1=CC=C(NCc2cnc3c(n2)c(=O)[nH]n3CN)CC1. The molecule has 0 radical (unpaired) electrons. The van der Waals surface area contributed by atoms with Crippen molar-refractivity contribution < 1.29 is 19.7 Å². The number of carbonyl (C=O) groups excluding carboxylic acids is 1. The monoisotopic (exact) mass is 490 g/mol. The van der Waals surface area contributed by atoms with Crippen molar-refractivity contribution in [3.05, 3.63) is 45.7 Å². The van der Waals surface area contributed by atoms with Crippen LogP contribution in [0.25, 0.3) is 11.2 Å². The number of rotatable bonds is 14. The van der Waals surface area contributed by atoms with Gasteiger partial charge in [0.05, 0.1) is 31.7 Å². The van der Waals surface area contributed by atoms with Gasteiger partial charge in [-0.3, -0.25) is 24.7 Å². The maximum absolute atomic E-state index is 12.6. The zero-order chi connectivity index (χ0) is 25.2. The second-order valence-electron chi connectivity index (χ2n) is 8.28. The van der Waals surface area contributed by atoms with E-state index in [1.807, 2.05) is 13.0 Å². The van der Waals surface area contributed by atoms with E-state index in [9.17, 15) is 14.7 Å². The first-order valence-corrected chi connectivity index (χ1v) is 11.6. The van der Waals surface area contributed by atoms with Crippen molar-refractivity contribution in [2.24, 2.45) is 5.73 Å². The van der Waals surface area contributed by atoms with E-state index in [4.69, 9.17) is 15.6 Å². The Morgan fingerprint density at radius 1 is 1.34 bits per heavy atom. The number of nitrogens with one attached hydrogen (secondary N) is 4. The summed E-state index contributed by atoms with van der Waals surface area (Å²) in [6, 6.07) is -0.0946. The molecule has 3 rings (SSSR count). The highest BCUT2D eigenvalue weighted by Crippen LogP contribution is 2.18. The Balaban J connectivity index is 1.44. The van der Waals surface area contributed by atoms with Crippen molar-refractivity contribution in [3.8, 4) is 0 Å². The fraction of sp³-hybridized carbons (Fsp3) is 0.545. The van der Waals surface area contributed by atoms with Gasteiger partial charge < -0.3 is 31.3 Å². The number of carbonyl (C=O) groups is 1. The first-order chi connectivity index (χ1) is 16.9. The van der Waals surface area contributed by atoms with Gasteiger partial charge in [-0.2, -0.15) is 0 Å². The molecular formula is C22H34N8O5. The van der Waals surface area contributed by atoms with Gasteiger partial charge in [0.25, 0.3) is 5.56 Å². The number of aromatic nitrogens is 4. The van der Waals surface area contributed by atoms with Crippen molar-refractivity contribution in [1.82, 2.24) is 35.7 Å². The molecule has 0 bridgehead atoms. The highest BCUT2D eigenvalue weighted by atomic mass is 16.6. The molecule has 0 fully saturated rings. The summed E-state index contributed by atoms with van der Waals surface area (Å²) in [6.45, 7) is 2.80. The average molecular weight is 491 g/mol. The van der Waals surface area contributed by atoms with Gasteiger partial charge in [-0.05, 0) is 38.7 Å². The molecular weight excluding hydrogens is 456 g/mol. The van der Waals surface area contributed by atoms with E-state index < -0.39 is 6.23 Å². The Hall–Kier alpha value is -3.10. The number of allylic oxidation sites excluding steroid dienone is 3. The molecule has 0 aliphatic heterocycles. The molecule has 2 aromatic heterocycles. The summed E-state index contributed by atoms with van der Waals surface area (Å²) in [5, 5.41) is 30.2. The number of fused-ring (bicyclic) bond motifs is 1. The second-order valence-corrected chi connectivity index (χ2v) is 8.28. The van der Waals surface area contributed by atoms with Crippen LogP contribution in [0.5, 0.6) is 0 Å². The number of aliphatic hydroxyl groups is 2. The van der Waals surface area contributed by atoms with Gasteiger partial charge in [0, 0.05) is 23.9 Å². The topological polar surface area (TPSA) is 192 Å². The average Bonchev–Trinajstić information content (AvgIpc) is 3.19. The van der Waals surface area contributed by atoms with Crippen LogP contribution < -0.4 is 27.2 Å². The fourth-order valence-electron chi connectivity index (χ4n) is 3.65. The smallest absolute Gasteiger partial charge is 0.292 e. The van der Waals surface area contributed by atoms with Crippen LogP contribution in [-0.4, -0.2) is 68.1 Å². The van der Waals surface area contributed by atoms with Gasteiger partial charge in [0.1, 0.15) is 13.0 Å². The molecule has 2 aromatic rings. The van der Waals surface area contributed by atoms with Crippen LogP contribution in [0, 0.1) is 0 Å². The van der Waals surface area contributed by atoms with Crippen LogP contribution in [0.2, 0.25) is 0 Å². The number of H-pyrrole nitrogens is 1. The molecule has 1 aliphatic carbocycles. The van der Waals surface area contributed by atoms with E-state index >= 15 is 0 Å². The Kier molecular flexibility index (Phi) is 9.93. The molecule has 0 aromatic carbocycles. The van der Waals surface area contributed by atoms with Crippen molar-refractivity contribution in [1.29, 1.82) is 0 Å². The number of aromatic amines is 1. The number of amides is 1. The zero-order valence-electron chi connectivity index (χ0n) is 19.8. The fourth-order valence-corrected chi connectivity index (χ4v) is 3.65. The number of ether oxygens (including phenoxy) is 1. The number of hydrogen-bond donors (Lipinski definition) is 7. The standard InChI is InChI=1S/C22H34N8O5/c1-14(2-7-18(32)24-8-9-35-13-31)27-21(33)15-3-5-16(6-4-15)25-10-17-11-26-20-19(28-17)22(34)29-30(20)12-23/h3,5,11,14,18,24-25,31-32H,2,4,6-10,12-13,23H2,1H3,(H,27,33)(H,29,34)/t14-,18+/m1/s1. The molecule has 0 saturated heterocycles. The van der Waals surface area contributed by atoms with Crippen LogP contribution >= 0.6 is 0 Å². The van der Waals surface area contributed by atoms with Crippen molar-refractivity contribution >= 4 is 17.1 Å². The predicted octanol–water partition coefficient (Wildman–Crippen LogP) is -1.11. The highest BCUT2D eigenvalue weighted by molar-refractivity contribution is 5.94. The maximum Gasteiger partial charge on any atom is 0.292 e. The number of nitrogens with zero attached hydrogens (tertiary/aromatic N) is 3. The summed E-state index contributed by atoms with van der Waals surface area (Å²) in [7, 11) is 0. The van der Waals surface area contributed by atoms with E-state index in [1.54, 1.807) is 12.3 Å². The third-order valence-corrected chi connectivity index (χ3v) is 5.60. The van der Waals surface area contributed by atoms with Crippen molar-refractivity contribution in [2.45, 2.75) is 58.1 Å². The van der Waals surface area contributed by atoms with Gasteiger partial charge in [-0.15, -0.1) is 0 Å². The molecule has 13 heteroatoms. The lowest BCUT2D eigenvalue weighted by molar-refractivity contribution is -0.118. The minimum atomic E-state index is -0.702. The largest absolute Gasteiger partial charge is 0.383 e. The lowest BCUT2D eigenvalue weighted by Crippen LogP contribution is -2.37. The van der Waals surface area contributed by atoms with Gasteiger partial charge in [0.2, 0.25) is 5.91 Å². The van der Waals surface area contributed by atoms with Crippen molar-refractivity contribution in [3.63, 3.8) is 0 Å². The molecule has 13 nitrogen and oxygen atoms in total. The third kappa shape index (κ3) is 7.70. The molecule has 1 aliphatic rings. The van der Waals surface area contributed by atoms with Crippen LogP contribution in [0.1, 0.15) is 38.3 Å². The summed E-state index contributed by atoms with van der Waals surface area (Å²) >= 11 is 0. The molecule has 8 N–H and O–H groups in total. The Morgan fingerprint density at radius 3 is 2.89 bits per heavy atom. The number of nitrogens with two attached hydrogens (primary N) is 1. The van der Waals surface area contributed by atoms with E-state index in [2.05, 4.69) is 31.0 Å². The molecule has 0 saturated carbocycles. The maximum atomic E-state index is 12.6. The van der Waals surface area contributed by atoms with E-state index in [1.165, 1.54) is 4.68 Å². The highest BCUT2D eigenvalue weighted by Gasteiger charge is 2.17. The first kappa shape index (κ1) is 26.5. The minimum Gasteiger partial charge on any atom is -0.383 e. The third-order valence-electron chi connectivity index (χ3n) is 5.60. The summed E-state index contributed by atoms with van der Waals surface area (Å²) < 4.78 is 6.23. The molecule has 0 unspecified atom stereocenters. The first-order valence-electron chi connectivity index (χ1n) is 11.6. The van der Waals surface area contributed by atoms with E-state index in [-0.39, 0.29) is 36.5 Å². The van der Waals surface area contributed by atoms with E-state index in [0.717, 1.165) is 5.70 Å². The Morgan fingerprint density at radius 2 is 2.17 bits per heavy atom. The predicted molar refractivity (Wildman–Crippen MR) is 128 cm³/mol. The van der Waals surface area contributed by atoms with Crippen LogP contribution in [0.3, 0.4) is 0 Å². The van der Waals surface area contributed by atoms with Crippen LogP contribution in [0.4, 0.5) is 0 Å². The normalized spacial score (nSPS) is 15.4. The summed E-state index contributed by atoms with van der Waals surface area (Å²) in [5.74, 6) is -0.119. The van der Waals surface area contributed by atoms with Crippen molar-refractivity contribution in [2.75, 3.05) is 19.9 Å².